The van der Waals surface area contributed by atoms with Crippen molar-refractivity contribution >= 4 is 11.6 Å². The predicted octanol–water partition coefficient (Wildman–Crippen LogP) is 1.17. The van der Waals surface area contributed by atoms with E-state index in [2.05, 4.69) is 17.0 Å². The lowest BCUT2D eigenvalue weighted by molar-refractivity contribution is -0.131. The Morgan fingerprint density at radius 3 is 2.72 bits per heavy atom. The molecule has 0 aromatic rings. The van der Waals surface area contributed by atoms with E-state index in [1.54, 1.807) is 0 Å². The lowest BCUT2D eigenvalue weighted by atomic mass is 9.93. The molecule has 0 saturated carbocycles. The largest absolute Gasteiger partial charge is 0.411 e. The van der Waals surface area contributed by atoms with E-state index in [4.69, 9.17) is 5.21 Å². The van der Waals surface area contributed by atoms with E-state index in [-0.39, 0.29) is 5.91 Å². The van der Waals surface area contributed by atoms with E-state index < -0.39 is 0 Å². The number of carbonyl (C=O) groups is 1. The molecule has 2 aliphatic rings. The quantitative estimate of drug-likeness (QED) is 0.607. The van der Waals surface area contributed by atoms with Crippen molar-refractivity contribution in [1.29, 1.82) is 0 Å². The van der Waals surface area contributed by atoms with E-state index in [9.17, 15) is 4.79 Å². The summed E-state index contributed by atoms with van der Waals surface area (Å²) >= 11 is 0. The van der Waals surface area contributed by atoms with E-state index in [1.165, 1.54) is 0 Å². The van der Waals surface area contributed by atoms with Gasteiger partial charge in [0.25, 0.3) is 0 Å². The number of likely N-dealkylation sites (tertiary alicyclic amines) is 2. The van der Waals surface area contributed by atoms with Crippen molar-refractivity contribution in [3.05, 3.63) is 0 Å². The van der Waals surface area contributed by atoms with E-state index in [1.807, 2.05) is 4.90 Å². The first-order chi connectivity index (χ1) is 8.74. The van der Waals surface area contributed by atoms with Crippen LogP contribution < -0.4 is 0 Å². The van der Waals surface area contributed by atoms with E-state index in [0.717, 1.165) is 57.6 Å². The van der Waals surface area contributed by atoms with Gasteiger partial charge in [-0.2, -0.15) is 0 Å². The van der Waals surface area contributed by atoms with Crippen LogP contribution in [0.4, 0.5) is 0 Å². The molecule has 0 radical (unpaired) electrons. The van der Waals surface area contributed by atoms with Gasteiger partial charge in [-0.25, -0.2) is 0 Å². The molecule has 102 valence electrons. The van der Waals surface area contributed by atoms with Crippen molar-refractivity contribution in [2.75, 3.05) is 32.7 Å². The molecule has 2 rings (SSSR count). The van der Waals surface area contributed by atoms with Crippen molar-refractivity contribution in [3.63, 3.8) is 0 Å². The molecule has 5 nitrogen and oxygen atoms in total. The Morgan fingerprint density at radius 1 is 1.39 bits per heavy atom. The Bertz CT molecular complexity index is 324. The highest BCUT2D eigenvalue weighted by Gasteiger charge is 2.27. The molecule has 1 atom stereocenters. The first kappa shape index (κ1) is 13.3. The molecule has 2 saturated heterocycles. The molecule has 0 aromatic carbocycles. The third-order valence-electron chi connectivity index (χ3n) is 4.07. The summed E-state index contributed by atoms with van der Waals surface area (Å²) in [6.45, 7) is 6.14. The van der Waals surface area contributed by atoms with Crippen LogP contribution in [0.3, 0.4) is 0 Å². The minimum atomic E-state index is 0.256. The van der Waals surface area contributed by atoms with Gasteiger partial charge in [-0.05, 0) is 19.3 Å². The van der Waals surface area contributed by atoms with Crippen LogP contribution in [0.15, 0.2) is 5.16 Å². The predicted molar refractivity (Wildman–Crippen MR) is 69.9 cm³/mol. The van der Waals surface area contributed by atoms with Crippen LogP contribution >= 0.6 is 0 Å². The van der Waals surface area contributed by atoms with Gasteiger partial charge in [-0.1, -0.05) is 12.1 Å². The van der Waals surface area contributed by atoms with Gasteiger partial charge in [0.1, 0.15) is 0 Å². The summed E-state index contributed by atoms with van der Waals surface area (Å²) < 4.78 is 0. The van der Waals surface area contributed by atoms with Crippen molar-refractivity contribution in [1.82, 2.24) is 9.80 Å². The lowest BCUT2D eigenvalue weighted by Crippen LogP contribution is -2.46. The number of piperidine rings is 1. The molecule has 0 bridgehead atoms. The third-order valence-corrected chi connectivity index (χ3v) is 4.07. The van der Waals surface area contributed by atoms with Gasteiger partial charge in [-0.15, -0.1) is 0 Å². The average molecular weight is 253 g/mol. The molecule has 1 unspecified atom stereocenters. The van der Waals surface area contributed by atoms with E-state index >= 15 is 0 Å². The van der Waals surface area contributed by atoms with Crippen molar-refractivity contribution in [3.8, 4) is 0 Å². The standard InChI is InChI=1S/C13H23N3O2/c1-2-11-9-15(8-5-12(11)14-18)10-13(17)16-6-3-4-7-16/h11,18H,2-10H2,1H3. The average Bonchev–Trinajstić information content (AvgIpc) is 2.92. The number of rotatable bonds is 3. The summed E-state index contributed by atoms with van der Waals surface area (Å²) in [5.74, 6) is 0.557. The Morgan fingerprint density at radius 2 is 2.11 bits per heavy atom. The number of hydrogen-bond donors (Lipinski definition) is 1. The monoisotopic (exact) mass is 253 g/mol. The summed E-state index contributed by atoms with van der Waals surface area (Å²) in [6.07, 6.45) is 4.03. The molecule has 2 fully saturated rings. The number of amides is 1. The zero-order valence-corrected chi connectivity index (χ0v) is 11.1. The fraction of sp³-hybridized carbons (Fsp3) is 0.846. The normalized spacial score (nSPS) is 27.9. The Labute approximate surface area is 108 Å². The highest BCUT2D eigenvalue weighted by Crippen LogP contribution is 2.18. The zero-order valence-electron chi connectivity index (χ0n) is 11.1. The maximum atomic E-state index is 12.1. The summed E-state index contributed by atoms with van der Waals surface area (Å²) in [5, 5.41) is 12.3. The second kappa shape index (κ2) is 6.18. The summed E-state index contributed by atoms with van der Waals surface area (Å²) in [6, 6.07) is 0. The number of nitrogens with zero attached hydrogens (tertiary/aromatic N) is 3. The van der Waals surface area contributed by atoms with Crippen molar-refractivity contribution in [2.24, 2.45) is 11.1 Å². The Kier molecular flexibility index (Phi) is 4.58. The number of hydrogen-bond acceptors (Lipinski definition) is 4. The summed E-state index contributed by atoms with van der Waals surface area (Å²) in [4.78, 5) is 16.2. The zero-order chi connectivity index (χ0) is 13.0. The molecule has 2 aliphatic heterocycles. The van der Waals surface area contributed by atoms with Crippen LogP contribution in [0.5, 0.6) is 0 Å². The first-order valence-corrected chi connectivity index (χ1v) is 6.95. The second-order valence-electron chi connectivity index (χ2n) is 5.27. The van der Waals surface area contributed by atoms with Gasteiger partial charge in [0.15, 0.2) is 0 Å². The third kappa shape index (κ3) is 3.02. The molecule has 1 N–H and O–H groups in total. The SMILES string of the molecule is CCC1CN(CC(=O)N2CCCC2)CCC1=NO. The Hall–Kier alpha value is -1.10. The van der Waals surface area contributed by atoms with Gasteiger partial charge in [0, 0.05) is 38.5 Å². The summed E-state index contributed by atoms with van der Waals surface area (Å²) in [7, 11) is 0. The topological polar surface area (TPSA) is 56.1 Å². The van der Waals surface area contributed by atoms with Gasteiger partial charge in [0.05, 0.1) is 12.3 Å². The maximum absolute atomic E-state index is 12.1. The molecule has 0 aliphatic carbocycles. The lowest BCUT2D eigenvalue weighted by Gasteiger charge is -2.33. The fourth-order valence-corrected chi connectivity index (χ4v) is 2.88. The Balaban J connectivity index is 1.85. The first-order valence-electron chi connectivity index (χ1n) is 6.95. The highest BCUT2D eigenvalue weighted by molar-refractivity contribution is 5.87. The van der Waals surface area contributed by atoms with Gasteiger partial charge in [0.2, 0.25) is 5.91 Å². The van der Waals surface area contributed by atoms with Crippen LogP contribution in [0.1, 0.15) is 32.6 Å². The van der Waals surface area contributed by atoms with Crippen LogP contribution in [0.2, 0.25) is 0 Å². The minimum Gasteiger partial charge on any atom is -0.411 e. The van der Waals surface area contributed by atoms with Gasteiger partial charge in [-0.3, -0.25) is 9.69 Å². The van der Waals surface area contributed by atoms with Crippen LogP contribution in [-0.4, -0.2) is 59.3 Å². The highest BCUT2D eigenvalue weighted by atomic mass is 16.4. The number of oxime groups is 1. The maximum Gasteiger partial charge on any atom is 0.236 e. The number of carbonyl (C=O) groups excluding carboxylic acids is 1. The van der Waals surface area contributed by atoms with Crippen LogP contribution in [0.25, 0.3) is 0 Å². The second-order valence-corrected chi connectivity index (χ2v) is 5.27. The molecule has 5 heteroatoms. The van der Waals surface area contributed by atoms with Crippen molar-refractivity contribution < 1.29 is 10.0 Å². The van der Waals surface area contributed by atoms with E-state index in [0.29, 0.717) is 12.5 Å². The molecular formula is C13H23N3O2. The van der Waals surface area contributed by atoms with Crippen molar-refractivity contribution in [2.45, 2.75) is 32.6 Å². The molecule has 0 spiro atoms. The molecule has 0 aromatic heterocycles. The van der Waals surface area contributed by atoms with Gasteiger partial charge < -0.3 is 10.1 Å². The van der Waals surface area contributed by atoms with Crippen LogP contribution in [0, 0.1) is 5.92 Å². The molecule has 1 amide bonds. The minimum absolute atomic E-state index is 0.256. The summed E-state index contributed by atoms with van der Waals surface area (Å²) in [5.41, 5.74) is 0.891. The fourth-order valence-electron chi connectivity index (χ4n) is 2.88. The molecule has 18 heavy (non-hydrogen) atoms. The molecular weight excluding hydrogens is 230 g/mol. The van der Waals surface area contributed by atoms with Crippen LogP contribution in [-0.2, 0) is 4.79 Å². The smallest absolute Gasteiger partial charge is 0.236 e. The molecule has 2 heterocycles. The van der Waals surface area contributed by atoms with Gasteiger partial charge >= 0.3 is 0 Å².